The molecule has 2 heterocycles. The number of benzene rings is 1. The van der Waals surface area contributed by atoms with Crippen molar-refractivity contribution in [3.05, 3.63) is 52.0 Å². The van der Waals surface area contributed by atoms with E-state index < -0.39 is 17.5 Å². The smallest absolute Gasteiger partial charge is 0.227 e. The molecule has 0 N–H and O–H groups in total. The van der Waals surface area contributed by atoms with Crippen LogP contribution < -0.4 is 4.90 Å². The lowest BCUT2D eigenvalue weighted by Crippen LogP contribution is -2.49. The summed E-state index contributed by atoms with van der Waals surface area (Å²) in [5, 5.41) is 1.92. The number of hydrogen-bond donors (Lipinski definition) is 0. The van der Waals surface area contributed by atoms with Crippen LogP contribution in [0.2, 0.25) is 0 Å². The Hall–Kier alpha value is -2.02. The number of thiophene rings is 1. The minimum atomic E-state index is -1.46. The van der Waals surface area contributed by atoms with Gasteiger partial charge in [0.25, 0.3) is 0 Å². The molecule has 1 aromatic heterocycles. The van der Waals surface area contributed by atoms with Gasteiger partial charge in [0.15, 0.2) is 17.5 Å². The summed E-state index contributed by atoms with van der Waals surface area (Å²) in [6.45, 7) is 1.64. The molecule has 3 nitrogen and oxygen atoms in total. The maximum absolute atomic E-state index is 13.8. The van der Waals surface area contributed by atoms with Gasteiger partial charge in [-0.25, -0.2) is 13.2 Å². The van der Waals surface area contributed by atoms with Crippen LogP contribution in [0, 0.1) is 17.5 Å². The van der Waals surface area contributed by atoms with Crippen molar-refractivity contribution >= 4 is 22.9 Å². The van der Waals surface area contributed by atoms with Crippen molar-refractivity contribution in [1.29, 1.82) is 0 Å². The molecule has 0 atom stereocenters. The molecule has 1 amide bonds. The zero-order valence-corrected chi connectivity index (χ0v) is 13.1. The Kier molecular flexibility index (Phi) is 4.56. The molecular weight excluding hydrogens is 325 g/mol. The van der Waals surface area contributed by atoms with Gasteiger partial charge in [0, 0.05) is 31.1 Å². The number of nitrogens with zero attached hydrogens (tertiary/aromatic N) is 2. The zero-order valence-electron chi connectivity index (χ0n) is 12.3. The molecule has 1 aromatic carbocycles. The van der Waals surface area contributed by atoms with Gasteiger partial charge in [0.2, 0.25) is 5.91 Å². The van der Waals surface area contributed by atoms with Crippen molar-refractivity contribution in [2.75, 3.05) is 31.1 Å². The number of amides is 1. The highest BCUT2D eigenvalue weighted by atomic mass is 32.1. The maximum atomic E-state index is 13.8. The Bertz CT molecular complexity index is 698. The average Bonchev–Trinajstić information content (AvgIpc) is 3.06. The van der Waals surface area contributed by atoms with E-state index in [1.165, 1.54) is 17.4 Å². The van der Waals surface area contributed by atoms with E-state index in [2.05, 4.69) is 0 Å². The molecule has 7 heteroatoms. The fraction of sp³-hybridized carbons (Fsp3) is 0.312. The van der Waals surface area contributed by atoms with Crippen molar-refractivity contribution in [3.63, 3.8) is 0 Å². The first-order valence-electron chi connectivity index (χ1n) is 7.25. The fourth-order valence-corrected chi connectivity index (χ4v) is 3.33. The highest BCUT2D eigenvalue weighted by molar-refractivity contribution is 7.10. The van der Waals surface area contributed by atoms with E-state index in [0.717, 1.165) is 10.9 Å². The van der Waals surface area contributed by atoms with E-state index in [1.54, 1.807) is 9.80 Å². The molecule has 1 aliphatic rings. The average molecular weight is 340 g/mol. The van der Waals surface area contributed by atoms with Crippen molar-refractivity contribution in [3.8, 4) is 0 Å². The lowest BCUT2D eigenvalue weighted by molar-refractivity contribution is -0.130. The van der Waals surface area contributed by atoms with Crippen molar-refractivity contribution < 1.29 is 18.0 Å². The van der Waals surface area contributed by atoms with Gasteiger partial charge in [-0.3, -0.25) is 4.79 Å². The van der Waals surface area contributed by atoms with Crippen LogP contribution in [0.5, 0.6) is 0 Å². The molecule has 3 rings (SSSR count). The van der Waals surface area contributed by atoms with E-state index in [-0.39, 0.29) is 11.6 Å². The van der Waals surface area contributed by atoms with Gasteiger partial charge in [-0.1, -0.05) is 6.07 Å². The van der Waals surface area contributed by atoms with Gasteiger partial charge in [-0.15, -0.1) is 11.3 Å². The summed E-state index contributed by atoms with van der Waals surface area (Å²) >= 11 is 1.53. The Labute approximate surface area is 135 Å². The predicted octanol–water partition coefficient (Wildman–Crippen LogP) is 3.06. The third kappa shape index (κ3) is 3.34. The molecule has 1 fully saturated rings. The monoisotopic (exact) mass is 340 g/mol. The fourth-order valence-electron chi connectivity index (χ4n) is 2.63. The third-order valence-electron chi connectivity index (χ3n) is 3.89. The van der Waals surface area contributed by atoms with E-state index >= 15 is 0 Å². The van der Waals surface area contributed by atoms with Gasteiger partial charge in [-0.2, -0.15) is 0 Å². The number of hydrogen-bond acceptors (Lipinski definition) is 3. The Morgan fingerprint density at radius 3 is 2.43 bits per heavy atom. The molecule has 0 radical (unpaired) electrons. The molecule has 122 valence electrons. The minimum Gasteiger partial charge on any atom is -0.366 e. The molecule has 0 bridgehead atoms. The SMILES string of the molecule is O=C(Cc1cccs1)N1CCN(c2ccc(F)c(F)c2F)CC1. The van der Waals surface area contributed by atoms with Gasteiger partial charge in [0.1, 0.15) is 0 Å². The summed E-state index contributed by atoms with van der Waals surface area (Å²) in [4.78, 5) is 16.6. The molecule has 0 unspecified atom stereocenters. The second-order valence-electron chi connectivity index (χ2n) is 5.32. The Morgan fingerprint density at radius 2 is 1.78 bits per heavy atom. The molecule has 0 spiro atoms. The van der Waals surface area contributed by atoms with Crippen LogP contribution in [0.15, 0.2) is 29.6 Å². The number of rotatable bonds is 3. The van der Waals surface area contributed by atoms with Crippen LogP contribution >= 0.6 is 11.3 Å². The summed E-state index contributed by atoms with van der Waals surface area (Å²) in [6.07, 6.45) is 0.358. The second-order valence-corrected chi connectivity index (χ2v) is 6.35. The lowest BCUT2D eigenvalue weighted by atomic mass is 10.2. The first-order valence-corrected chi connectivity index (χ1v) is 8.13. The van der Waals surface area contributed by atoms with Crippen LogP contribution in [0.25, 0.3) is 0 Å². The van der Waals surface area contributed by atoms with Crippen LogP contribution in [-0.4, -0.2) is 37.0 Å². The van der Waals surface area contributed by atoms with Crippen molar-refractivity contribution in [2.45, 2.75) is 6.42 Å². The van der Waals surface area contributed by atoms with Crippen LogP contribution in [0.4, 0.5) is 18.9 Å². The van der Waals surface area contributed by atoms with Crippen molar-refractivity contribution in [1.82, 2.24) is 4.90 Å². The van der Waals surface area contributed by atoms with Gasteiger partial charge < -0.3 is 9.80 Å². The molecular formula is C16H15F3N2OS. The first-order chi connectivity index (χ1) is 11.1. The predicted molar refractivity (Wildman–Crippen MR) is 83.1 cm³/mol. The standard InChI is InChI=1S/C16H15F3N2OS/c17-12-3-4-13(16(19)15(12)18)20-5-7-21(8-6-20)14(22)10-11-2-1-9-23-11/h1-4,9H,5-8,10H2. The van der Waals surface area contributed by atoms with Crippen molar-refractivity contribution in [2.24, 2.45) is 0 Å². The summed E-state index contributed by atoms with van der Waals surface area (Å²) in [6, 6.07) is 5.96. The normalized spacial score (nSPS) is 15.1. The number of carbonyl (C=O) groups excluding carboxylic acids is 1. The van der Waals surface area contributed by atoms with Crippen LogP contribution in [-0.2, 0) is 11.2 Å². The number of carbonyl (C=O) groups is 1. The quantitative estimate of drug-likeness (QED) is 0.802. The molecule has 0 aliphatic carbocycles. The molecule has 1 saturated heterocycles. The summed E-state index contributed by atoms with van der Waals surface area (Å²) < 4.78 is 40.1. The van der Waals surface area contributed by atoms with E-state index in [1.807, 2.05) is 17.5 Å². The van der Waals surface area contributed by atoms with Gasteiger partial charge in [0.05, 0.1) is 12.1 Å². The molecule has 2 aromatic rings. The number of piperazine rings is 1. The van der Waals surface area contributed by atoms with Crippen LogP contribution in [0.3, 0.4) is 0 Å². The summed E-state index contributed by atoms with van der Waals surface area (Å²) in [5.41, 5.74) is 0.0363. The van der Waals surface area contributed by atoms with Crippen LogP contribution in [0.1, 0.15) is 4.88 Å². The second kappa shape index (κ2) is 6.62. The highest BCUT2D eigenvalue weighted by Gasteiger charge is 2.24. The summed E-state index contributed by atoms with van der Waals surface area (Å²) in [5.74, 6) is -3.81. The highest BCUT2D eigenvalue weighted by Crippen LogP contribution is 2.24. The van der Waals surface area contributed by atoms with Gasteiger partial charge in [-0.05, 0) is 23.6 Å². The van der Waals surface area contributed by atoms with E-state index in [4.69, 9.17) is 0 Å². The summed E-state index contributed by atoms with van der Waals surface area (Å²) in [7, 11) is 0. The Morgan fingerprint density at radius 1 is 1.04 bits per heavy atom. The van der Waals surface area contributed by atoms with Gasteiger partial charge >= 0.3 is 0 Å². The first kappa shape index (κ1) is 15.9. The lowest BCUT2D eigenvalue weighted by Gasteiger charge is -2.36. The van der Waals surface area contributed by atoms with E-state index in [0.29, 0.717) is 32.6 Å². The molecule has 0 saturated carbocycles. The molecule has 1 aliphatic heterocycles. The number of halogens is 3. The minimum absolute atomic E-state index is 0.0258. The number of anilines is 1. The zero-order chi connectivity index (χ0) is 16.4. The topological polar surface area (TPSA) is 23.6 Å². The maximum Gasteiger partial charge on any atom is 0.227 e. The molecule has 23 heavy (non-hydrogen) atoms. The largest absolute Gasteiger partial charge is 0.366 e. The third-order valence-corrected chi connectivity index (χ3v) is 4.77. The van der Waals surface area contributed by atoms with E-state index in [9.17, 15) is 18.0 Å². The Balaban J connectivity index is 1.62.